The Morgan fingerprint density at radius 3 is 2.65 bits per heavy atom. The molecule has 1 fully saturated rings. The van der Waals surface area contributed by atoms with E-state index >= 15 is 0 Å². The Hall–Kier alpha value is -1.53. The lowest BCUT2D eigenvalue weighted by atomic mass is 10.3. The van der Waals surface area contributed by atoms with E-state index in [9.17, 15) is 0 Å². The number of hydrogen-bond acceptors (Lipinski definition) is 6. The molecule has 1 saturated heterocycles. The minimum absolute atomic E-state index is 0.811. The monoisotopic (exact) mass is 289 g/mol. The molecule has 20 heavy (non-hydrogen) atoms. The summed E-state index contributed by atoms with van der Waals surface area (Å²) in [6.07, 6.45) is 9.19. The fraction of sp³-hybridized carbons (Fsp3) is 0.500. The number of thiazole rings is 1. The molecular formula is C14H19N5S. The summed E-state index contributed by atoms with van der Waals surface area (Å²) in [7, 11) is 0. The van der Waals surface area contributed by atoms with Crippen molar-refractivity contribution in [3.05, 3.63) is 34.5 Å². The summed E-state index contributed by atoms with van der Waals surface area (Å²) >= 11 is 1.70. The average Bonchev–Trinajstić information content (AvgIpc) is 3.17. The lowest BCUT2D eigenvalue weighted by Crippen LogP contribution is -2.21. The maximum absolute atomic E-state index is 4.45. The van der Waals surface area contributed by atoms with Crippen LogP contribution in [0.25, 0.3) is 0 Å². The first-order chi connectivity index (χ1) is 9.92. The topological polar surface area (TPSA) is 53.9 Å². The fourth-order valence-corrected chi connectivity index (χ4v) is 2.94. The summed E-state index contributed by atoms with van der Waals surface area (Å²) in [5, 5.41) is 6.59. The van der Waals surface area contributed by atoms with Crippen molar-refractivity contribution in [3.63, 3.8) is 0 Å². The van der Waals surface area contributed by atoms with E-state index in [-0.39, 0.29) is 0 Å². The van der Waals surface area contributed by atoms with Gasteiger partial charge in [0, 0.05) is 62.1 Å². The Bertz CT molecular complexity index is 505. The predicted molar refractivity (Wildman–Crippen MR) is 81.0 cm³/mol. The molecule has 0 bridgehead atoms. The van der Waals surface area contributed by atoms with Gasteiger partial charge in [-0.25, -0.2) is 15.0 Å². The molecule has 106 valence electrons. The summed E-state index contributed by atoms with van der Waals surface area (Å²) in [5.41, 5.74) is 1.13. The molecule has 0 radical (unpaired) electrons. The van der Waals surface area contributed by atoms with Gasteiger partial charge in [0.1, 0.15) is 0 Å². The van der Waals surface area contributed by atoms with Crippen molar-refractivity contribution in [2.24, 2.45) is 0 Å². The van der Waals surface area contributed by atoms with Gasteiger partial charge in [-0.3, -0.25) is 0 Å². The molecule has 6 heteroatoms. The Kier molecular flexibility index (Phi) is 4.55. The second-order valence-electron chi connectivity index (χ2n) is 4.94. The van der Waals surface area contributed by atoms with Crippen LogP contribution in [0.4, 0.5) is 5.95 Å². The first-order valence-electron chi connectivity index (χ1n) is 7.07. The van der Waals surface area contributed by atoms with E-state index in [1.807, 2.05) is 24.0 Å². The number of hydrogen-bond donors (Lipinski definition) is 1. The van der Waals surface area contributed by atoms with Gasteiger partial charge >= 0.3 is 0 Å². The number of anilines is 1. The van der Waals surface area contributed by atoms with Crippen LogP contribution in [0, 0.1) is 0 Å². The molecule has 3 heterocycles. The molecule has 0 aliphatic carbocycles. The lowest BCUT2D eigenvalue weighted by molar-refractivity contribution is 0.680. The smallest absolute Gasteiger partial charge is 0.225 e. The first-order valence-corrected chi connectivity index (χ1v) is 7.95. The van der Waals surface area contributed by atoms with Gasteiger partial charge in [0.05, 0.1) is 5.01 Å². The van der Waals surface area contributed by atoms with Crippen LogP contribution in [-0.2, 0) is 13.0 Å². The third kappa shape index (κ3) is 3.52. The van der Waals surface area contributed by atoms with Crippen molar-refractivity contribution in [1.29, 1.82) is 0 Å². The van der Waals surface area contributed by atoms with Crippen LogP contribution in [0.1, 0.15) is 23.4 Å². The third-order valence-corrected chi connectivity index (χ3v) is 4.25. The van der Waals surface area contributed by atoms with E-state index in [1.165, 1.54) is 17.8 Å². The summed E-state index contributed by atoms with van der Waals surface area (Å²) in [4.78, 5) is 15.4. The van der Waals surface area contributed by atoms with Gasteiger partial charge in [0.2, 0.25) is 5.95 Å². The molecule has 0 saturated carbocycles. The number of nitrogens with one attached hydrogen (secondary N) is 1. The normalized spacial score (nSPS) is 14.9. The molecule has 1 aliphatic heterocycles. The third-order valence-electron chi connectivity index (χ3n) is 3.41. The minimum atomic E-state index is 0.811. The molecule has 0 amide bonds. The van der Waals surface area contributed by atoms with Crippen molar-refractivity contribution >= 4 is 17.3 Å². The van der Waals surface area contributed by atoms with Crippen LogP contribution >= 0.6 is 11.3 Å². The Morgan fingerprint density at radius 2 is 1.95 bits per heavy atom. The van der Waals surface area contributed by atoms with E-state index in [0.29, 0.717) is 0 Å². The molecule has 3 rings (SSSR count). The number of rotatable bonds is 6. The van der Waals surface area contributed by atoms with E-state index in [2.05, 4.69) is 25.2 Å². The average molecular weight is 289 g/mol. The molecule has 0 unspecified atom stereocenters. The van der Waals surface area contributed by atoms with Crippen molar-refractivity contribution < 1.29 is 0 Å². The highest BCUT2D eigenvalue weighted by Gasteiger charge is 2.14. The molecule has 0 aromatic carbocycles. The molecule has 0 atom stereocenters. The van der Waals surface area contributed by atoms with Gasteiger partial charge in [0.25, 0.3) is 0 Å². The molecule has 1 aliphatic rings. The Balaban J connectivity index is 1.43. The van der Waals surface area contributed by atoms with Crippen molar-refractivity contribution in [2.75, 3.05) is 24.5 Å². The van der Waals surface area contributed by atoms with Gasteiger partial charge in [0.15, 0.2) is 0 Å². The maximum Gasteiger partial charge on any atom is 0.225 e. The standard InChI is InChI=1S/C14H19N5S/c1-2-7-19(6-1)14-17-10-12(11-18-14)9-15-4-3-13-16-5-8-20-13/h5,8,10-11,15H,1-4,6-7,9H2. The van der Waals surface area contributed by atoms with Crippen LogP contribution in [0.3, 0.4) is 0 Å². The zero-order valence-corrected chi connectivity index (χ0v) is 12.3. The highest BCUT2D eigenvalue weighted by atomic mass is 32.1. The maximum atomic E-state index is 4.45. The van der Waals surface area contributed by atoms with Gasteiger partial charge in [-0.2, -0.15) is 0 Å². The number of aromatic nitrogens is 3. The highest BCUT2D eigenvalue weighted by molar-refractivity contribution is 7.09. The predicted octanol–water partition coefficient (Wildman–Crippen LogP) is 1.87. The minimum Gasteiger partial charge on any atom is -0.341 e. The Morgan fingerprint density at radius 1 is 1.15 bits per heavy atom. The SMILES string of the molecule is c1csc(CCNCc2cnc(N3CCCC3)nc2)n1. The van der Waals surface area contributed by atoms with E-state index in [4.69, 9.17) is 0 Å². The quantitative estimate of drug-likeness (QED) is 0.823. The number of nitrogens with zero attached hydrogens (tertiary/aromatic N) is 4. The summed E-state index contributed by atoms with van der Waals surface area (Å²) in [6, 6.07) is 0. The largest absolute Gasteiger partial charge is 0.341 e. The van der Waals surface area contributed by atoms with Crippen LogP contribution in [0.2, 0.25) is 0 Å². The second-order valence-corrected chi connectivity index (χ2v) is 5.92. The summed E-state index contributed by atoms with van der Waals surface area (Å²) in [6.45, 7) is 3.92. The second kappa shape index (κ2) is 6.76. The Labute approximate surface area is 123 Å². The van der Waals surface area contributed by atoms with Gasteiger partial charge < -0.3 is 10.2 Å². The molecular weight excluding hydrogens is 270 g/mol. The summed E-state index contributed by atoms with van der Waals surface area (Å²) < 4.78 is 0. The molecule has 2 aromatic heterocycles. The van der Waals surface area contributed by atoms with Crippen molar-refractivity contribution in [3.8, 4) is 0 Å². The highest BCUT2D eigenvalue weighted by Crippen LogP contribution is 2.14. The van der Waals surface area contributed by atoms with E-state index in [0.717, 1.165) is 44.1 Å². The molecule has 2 aromatic rings. The van der Waals surface area contributed by atoms with Gasteiger partial charge in [-0.05, 0) is 12.8 Å². The zero-order chi connectivity index (χ0) is 13.6. The molecule has 0 spiro atoms. The molecule has 5 nitrogen and oxygen atoms in total. The lowest BCUT2D eigenvalue weighted by Gasteiger charge is -2.14. The fourth-order valence-electron chi connectivity index (χ4n) is 2.32. The summed E-state index contributed by atoms with van der Waals surface area (Å²) in [5.74, 6) is 0.869. The van der Waals surface area contributed by atoms with Crippen LogP contribution in [0.5, 0.6) is 0 Å². The molecule has 1 N–H and O–H groups in total. The van der Waals surface area contributed by atoms with Crippen molar-refractivity contribution in [2.45, 2.75) is 25.8 Å². The van der Waals surface area contributed by atoms with Gasteiger partial charge in [-0.1, -0.05) is 0 Å². The van der Waals surface area contributed by atoms with Crippen molar-refractivity contribution in [1.82, 2.24) is 20.3 Å². The van der Waals surface area contributed by atoms with E-state index < -0.39 is 0 Å². The first kappa shape index (κ1) is 13.5. The van der Waals surface area contributed by atoms with E-state index in [1.54, 1.807) is 11.3 Å². The van der Waals surface area contributed by atoms with Crippen LogP contribution in [0.15, 0.2) is 24.0 Å². The van der Waals surface area contributed by atoms with Crippen LogP contribution in [-0.4, -0.2) is 34.6 Å². The van der Waals surface area contributed by atoms with Gasteiger partial charge in [-0.15, -0.1) is 11.3 Å². The zero-order valence-electron chi connectivity index (χ0n) is 11.5. The van der Waals surface area contributed by atoms with Crippen LogP contribution < -0.4 is 10.2 Å².